The van der Waals surface area contributed by atoms with Crippen molar-refractivity contribution in [3.63, 3.8) is 0 Å². The highest BCUT2D eigenvalue weighted by atomic mass is 35.5. The van der Waals surface area contributed by atoms with Gasteiger partial charge in [-0.25, -0.2) is 9.78 Å². The van der Waals surface area contributed by atoms with Crippen LogP contribution in [0.15, 0.2) is 46.5 Å². The van der Waals surface area contributed by atoms with Crippen LogP contribution in [-0.4, -0.2) is 20.4 Å². The van der Waals surface area contributed by atoms with Gasteiger partial charge in [-0.05, 0) is 17.3 Å². The first kappa shape index (κ1) is 15.7. The Kier molecular flexibility index (Phi) is 3.86. The molecule has 1 aliphatic heterocycles. The van der Waals surface area contributed by atoms with Crippen molar-refractivity contribution in [2.24, 2.45) is 7.05 Å². The van der Waals surface area contributed by atoms with E-state index in [9.17, 15) is 9.90 Å². The molecule has 3 heterocycles. The number of aromatic hydroxyl groups is 1. The van der Waals surface area contributed by atoms with Gasteiger partial charge in [-0.1, -0.05) is 41.9 Å². The summed E-state index contributed by atoms with van der Waals surface area (Å²) in [6.45, 7) is 0. The summed E-state index contributed by atoms with van der Waals surface area (Å²) in [6.07, 6.45) is 1.72. The maximum atomic E-state index is 13.2. The third-order valence-electron chi connectivity index (χ3n) is 4.04. The van der Waals surface area contributed by atoms with Gasteiger partial charge in [0.05, 0.1) is 17.7 Å². The van der Waals surface area contributed by atoms with E-state index < -0.39 is 0 Å². The van der Waals surface area contributed by atoms with Crippen molar-refractivity contribution in [2.45, 2.75) is 11.2 Å². The second-order valence-electron chi connectivity index (χ2n) is 5.42. The predicted molar refractivity (Wildman–Crippen MR) is 95.0 cm³/mol. The van der Waals surface area contributed by atoms with Gasteiger partial charge in [-0.2, -0.15) is 9.13 Å². The zero-order chi connectivity index (χ0) is 16.8. The maximum Gasteiger partial charge on any atom is 0.350 e. The molecule has 0 radical (unpaired) electrons. The number of benzene rings is 1. The zero-order valence-electron chi connectivity index (χ0n) is 12.6. The normalized spacial score (nSPS) is 16.3. The molecule has 5 nitrogen and oxygen atoms in total. The first-order valence-electron chi connectivity index (χ1n) is 7.25. The van der Waals surface area contributed by atoms with Gasteiger partial charge >= 0.3 is 10.7 Å². The minimum atomic E-state index is -0.202. The Bertz CT molecular complexity index is 985. The molecule has 0 amide bonds. The van der Waals surface area contributed by atoms with Gasteiger partial charge in [-0.3, -0.25) is 0 Å². The number of thioether (sulfide) groups is 1. The second-order valence-corrected chi connectivity index (χ2v) is 8.06. The molecule has 0 saturated carbocycles. The molecule has 1 atom stereocenters. The lowest BCUT2D eigenvalue weighted by Crippen LogP contribution is -2.40. The second kappa shape index (κ2) is 5.91. The largest absolute Gasteiger partial charge is 0.477 e. The lowest BCUT2D eigenvalue weighted by Gasteiger charge is -2.10. The Labute approximate surface area is 151 Å². The number of halogens is 1. The third kappa shape index (κ3) is 2.35. The summed E-state index contributed by atoms with van der Waals surface area (Å²) < 4.78 is 3.86. The van der Waals surface area contributed by atoms with Gasteiger partial charge in [0.25, 0.3) is 5.88 Å². The average Bonchev–Trinajstić information content (AvgIpc) is 3.20. The fraction of sp³-hybridized carbons (Fsp3) is 0.188. The molecule has 122 valence electrons. The van der Waals surface area contributed by atoms with Crippen LogP contribution < -0.4 is 10.1 Å². The number of fused-ring (bicyclic) bond motifs is 1. The molecule has 1 aromatic carbocycles. The molecule has 1 N–H and O–H groups in total. The van der Waals surface area contributed by atoms with Gasteiger partial charge in [-0.15, -0.1) is 11.3 Å². The third-order valence-corrected chi connectivity index (χ3v) is 6.46. The molecule has 24 heavy (non-hydrogen) atoms. The van der Waals surface area contributed by atoms with E-state index in [1.54, 1.807) is 34.1 Å². The molecule has 1 aliphatic rings. The van der Waals surface area contributed by atoms with E-state index in [1.807, 2.05) is 30.3 Å². The highest BCUT2D eigenvalue weighted by Gasteiger charge is 2.39. The van der Waals surface area contributed by atoms with Crippen molar-refractivity contribution >= 4 is 34.7 Å². The molecular weight excluding hydrogens is 366 g/mol. The van der Waals surface area contributed by atoms with Crippen LogP contribution in [0.4, 0.5) is 0 Å². The fourth-order valence-corrected chi connectivity index (χ4v) is 5.29. The predicted octanol–water partition coefficient (Wildman–Crippen LogP) is 2.85. The van der Waals surface area contributed by atoms with Crippen LogP contribution >= 0.6 is 34.7 Å². The van der Waals surface area contributed by atoms with Crippen molar-refractivity contribution in [3.8, 4) is 17.0 Å². The van der Waals surface area contributed by atoms with E-state index in [0.717, 1.165) is 10.0 Å². The van der Waals surface area contributed by atoms with Crippen LogP contribution in [0.1, 0.15) is 10.9 Å². The highest BCUT2D eigenvalue weighted by Crippen LogP contribution is 2.38. The Morgan fingerprint density at radius 1 is 1.38 bits per heavy atom. The van der Waals surface area contributed by atoms with E-state index in [2.05, 4.69) is 4.98 Å². The zero-order valence-corrected chi connectivity index (χ0v) is 15.0. The summed E-state index contributed by atoms with van der Waals surface area (Å²) >= 11 is 8.88. The summed E-state index contributed by atoms with van der Waals surface area (Å²) in [6, 6.07) is 9.09. The van der Waals surface area contributed by atoms with Crippen molar-refractivity contribution in [1.29, 1.82) is 0 Å². The van der Waals surface area contributed by atoms with E-state index >= 15 is 0 Å². The molecule has 1 unspecified atom stereocenters. The van der Waals surface area contributed by atoms with Gasteiger partial charge in [0.15, 0.2) is 16.1 Å². The molecule has 2 aromatic heterocycles. The first-order valence-corrected chi connectivity index (χ1v) is 9.43. The maximum absolute atomic E-state index is 13.2. The van der Waals surface area contributed by atoms with Crippen LogP contribution in [0.5, 0.6) is 5.88 Å². The minimum Gasteiger partial charge on any atom is -0.477 e. The van der Waals surface area contributed by atoms with Crippen molar-refractivity contribution in [2.75, 3.05) is 5.75 Å². The van der Waals surface area contributed by atoms with E-state index in [1.165, 1.54) is 11.3 Å². The number of aromatic nitrogens is 3. The van der Waals surface area contributed by atoms with Gasteiger partial charge < -0.3 is 5.11 Å². The topological polar surface area (TPSA) is 59.0 Å². The Hall–Kier alpha value is -1.83. The molecule has 8 heteroatoms. The van der Waals surface area contributed by atoms with E-state index in [-0.39, 0.29) is 17.5 Å². The van der Waals surface area contributed by atoms with E-state index in [4.69, 9.17) is 11.6 Å². The summed E-state index contributed by atoms with van der Waals surface area (Å²) in [4.78, 5) is 18.2. The summed E-state index contributed by atoms with van der Waals surface area (Å²) in [7, 11) is 1.77. The molecule has 0 saturated heterocycles. The van der Waals surface area contributed by atoms with Crippen LogP contribution in [0, 0.1) is 0 Å². The molecule has 4 rings (SSSR count). The molecule has 0 fully saturated rings. The van der Waals surface area contributed by atoms with Crippen molar-refractivity contribution in [3.05, 3.63) is 56.2 Å². The Morgan fingerprint density at radius 2 is 2.12 bits per heavy atom. The number of hydrogen-bond donors (Lipinski definition) is 1. The monoisotopic (exact) mass is 378 g/mol. The first-order chi connectivity index (χ1) is 11.6. The Morgan fingerprint density at radius 3 is 2.79 bits per heavy atom. The lowest BCUT2D eigenvalue weighted by atomic mass is 10.1. The quantitative estimate of drug-likeness (QED) is 0.550. The summed E-state index contributed by atoms with van der Waals surface area (Å²) in [5.74, 6) is 0.687. The molecule has 0 bridgehead atoms. The van der Waals surface area contributed by atoms with Crippen LogP contribution in [0.3, 0.4) is 0 Å². The number of nitrogens with zero attached hydrogens (tertiary/aromatic N) is 3. The SMILES string of the molecule is C[n+]1c(O)c(-c2ccccc2)c(=O)n2c1SCC2c1cnc(Cl)s1. The molecular formula is C16H13ClN3O2S2+. The number of rotatable bonds is 2. The lowest BCUT2D eigenvalue weighted by molar-refractivity contribution is -0.720. The molecule has 0 spiro atoms. The number of thiazole rings is 1. The highest BCUT2D eigenvalue weighted by molar-refractivity contribution is 7.99. The smallest absolute Gasteiger partial charge is 0.350 e. The average molecular weight is 379 g/mol. The van der Waals surface area contributed by atoms with Crippen LogP contribution in [0.2, 0.25) is 4.47 Å². The van der Waals surface area contributed by atoms with Crippen LogP contribution in [0.25, 0.3) is 11.1 Å². The van der Waals surface area contributed by atoms with Crippen molar-refractivity contribution < 1.29 is 9.67 Å². The fourth-order valence-electron chi connectivity index (χ4n) is 2.88. The van der Waals surface area contributed by atoms with Gasteiger partial charge in [0.1, 0.15) is 0 Å². The number of hydrogen-bond acceptors (Lipinski definition) is 5. The standard InChI is InChI=1S/C16H12ClN3O2S2/c1-19-13(21)12(9-5-3-2-4-6-9)14(22)20-10(8-23-16(19)20)11-7-18-15(17)24-11/h2-7,10H,8H2,1H3/p+1. The Balaban J connectivity index is 1.97. The summed E-state index contributed by atoms with van der Waals surface area (Å²) in [5, 5.41) is 11.3. The minimum absolute atomic E-state index is 0.0204. The van der Waals surface area contributed by atoms with Crippen molar-refractivity contribution in [1.82, 2.24) is 9.55 Å². The summed E-state index contributed by atoms with van der Waals surface area (Å²) in [5.41, 5.74) is 0.806. The molecule has 0 aliphatic carbocycles. The molecule has 3 aromatic rings. The van der Waals surface area contributed by atoms with Gasteiger partial charge in [0.2, 0.25) is 0 Å². The van der Waals surface area contributed by atoms with Crippen LogP contribution in [-0.2, 0) is 7.05 Å². The van der Waals surface area contributed by atoms with Gasteiger partial charge in [0, 0.05) is 6.20 Å². The van der Waals surface area contributed by atoms with E-state index in [0.29, 0.717) is 21.3 Å².